The van der Waals surface area contributed by atoms with Gasteiger partial charge in [0, 0.05) is 89.1 Å². The van der Waals surface area contributed by atoms with Crippen molar-refractivity contribution in [2.75, 3.05) is 67.1 Å². The zero-order valence-electron chi connectivity index (χ0n) is 65.4. The van der Waals surface area contributed by atoms with E-state index >= 15 is 8.78 Å². The fourth-order valence-electron chi connectivity index (χ4n) is 14.9. The van der Waals surface area contributed by atoms with E-state index in [1.165, 1.54) is 76.1 Å². The van der Waals surface area contributed by atoms with Gasteiger partial charge in [-0.25, -0.2) is 61.6 Å². The van der Waals surface area contributed by atoms with Crippen LogP contribution in [-0.4, -0.2) is 170 Å². The molecule has 3 unspecified atom stereocenters. The van der Waals surface area contributed by atoms with Crippen LogP contribution in [0.15, 0.2) is 110 Å². The predicted octanol–water partition coefficient (Wildman–Crippen LogP) is 10.9. The summed E-state index contributed by atoms with van der Waals surface area (Å²) in [5, 5.41) is 60.8. The summed E-state index contributed by atoms with van der Waals surface area (Å²) in [7, 11) is 0. The highest BCUT2D eigenvalue weighted by Gasteiger charge is 2.43. The van der Waals surface area contributed by atoms with Gasteiger partial charge < -0.3 is 45.2 Å². The smallest absolute Gasteiger partial charge is 0.417 e. The Bertz CT molecular complexity index is 5610. The topological polar surface area (TPSA) is 391 Å². The van der Waals surface area contributed by atoms with E-state index in [0.29, 0.717) is 86.5 Å². The van der Waals surface area contributed by atoms with Crippen molar-refractivity contribution >= 4 is 65.1 Å². The molecule has 0 spiro atoms. The number of nitriles is 3. The molecular weight excluding hydrogens is 1510 g/mol. The lowest BCUT2D eigenvalue weighted by Gasteiger charge is -2.32. The van der Waals surface area contributed by atoms with Crippen LogP contribution in [0.4, 0.5) is 40.2 Å². The van der Waals surface area contributed by atoms with Crippen LogP contribution in [0.3, 0.4) is 0 Å². The summed E-state index contributed by atoms with van der Waals surface area (Å²) < 4.78 is 60.2. The lowest BCUT2D eigenvalue weighted by Crippen LogP contribution is -2.43. The highest BCUT2D eigenvalue weighted by molar-refractivity contribution is 6.10. The number of ether oxygens (including phenoxy) is 2. The highest BCUT2D eigenvalue weighted by Crippen LogP contribution is 2.39. The van der Waals surface area contributed by atoms with Gasteiger partial charge in [0.15, 0.2) is 17.5 Å². The summed E-state index contributed by atoms with van der Waals surface area (Å²) >= 11 is 0. The van der Waals surface area contributed by atoms with Crippen molar-refractivity contribution in [1.29, 1.82) is 15.8 Å². The number of piperidine rings is 3. The molecule has 12 heterocycles. The molecule has 34 heteroatoms. The Morgan fingerprint density at radius 1 is 0.504 bits per heavy atom. The third kappa shape index (κ3) is 17.2. The number of carboxylic acids is 1. The van der Waals surface area contributed by atoms with Crippen LogP contribution in [0.25, 0.3) is 50.8 Å². The number of amides is 7. The number of halogens is 3. The normalized spacial score (nSPS) is 16.9. The van der Waals surface area contributed by atoms with Gasteiger partial charge in [0.05, 0.1) is 157 Å². The van der Waals surface area contributed by atoms with Gasteiger partial charge in [0.25, 0.3) is 17.7 Å². The molecule has 0 radical (unpaired) electrons. The molecule has 6 aliphatic rings. The number of aromatic nitrogens is 9. The fraction of sp³-hybridized carbons (Fsp3) is 0.361. The number of carbonyl (C=O) groups is 8. The number of hydrogen-bond acceptors (Lipinski definition) is 22. The molecule has 6 aromatic heterocycles. The molecule has 9 aromatic rings. The third-order valence-corrected chi connectivity index (χ3v) is 20.3. The van der Waals surface area contributed by atoms with Crippen molar-refractivity contribution < 1.29 is 66.1 Å². The third-order valence-electron chi connectivity index (χ3n) is 20.3. The van der Waals surface area contributed by atoms with Gasteiger partial charge in [-0.3, -0.25) is 28.8 Å². The molecule has 6 aliphatic heterocycles. The molecule has 3 aromatic carbocycles. The molecule has 0 saturated carbocycles. The summed E-state index contributed by atoms with van der Waals surface area (Å²) in [5.41, 5.74) is 1.63. The zero-order chi connectivity index (χ0) is 83.5. The summed E-state index contributed by atoms with van der Waals surface area (Å²) in [4.78, 5) is 123. The Kier molecular flexibility index (Phi) is 23.4. The highest BCUT2D eigenvalue weighted by atomic mass is 19.1. The van der Waals surface area contributed by atoms with Crippen LogP contribution < -0.4 is 30.7 Å². The first-order valence-corrected chi connectivity index (χ1v) is 38.2. The minimum absolute atomic E-state index is 0.00393. The first kappa shape index (κ1) is 81.2. The predicted molar refractivity (Wildman–Crippen MR) is 418 cm³/mol. The molecule has 3 saturated heterocycles. The van der Waals surface area contributed by atoms with Crippen LogP contribution in [0.5, 0.6) is 0 Å². The van der Waals surface area contributed by atoms with E-state index in [4.69, 9.17) is 19.7 Å². The molecule has 31 nitrogen and oxygen atoms in total. The Hall–Kier alpha value is -13.8. The average molecular weight is 1590 g/mol. The van der Waals surface area contributed by atoms with Crippen molar-refractivity contribution in [2.24, 2.45) is 17.8 Å². The first-order chi connectivity index (χ1) is 56.0. The number of nitrogens with zero attached hydrogens (tertiary/aromatic N) is 17. The number of aliphatic carboxylic acids is 1. The number of nitrogens with one attached hydrogen (secondary N) is 3. The zero-order valence-corrected chi connectivity index (χ0v) is 65.4. The Labute approximate surface area is 670 Å². The van der Waals surface area contributed by atoms with Crippen molar-refractivity contribution in [2.45, 2.75) is 125 Å². The standard InChI is InChI=1S/C30H32FN7O4.C28H27FN6O5.C25H24FN7O2/c1-5-33-27(39)19-9-7-12-36(16-19)24-11-13-38(35-24)23-14-21(25-18(15-32)8-6-10-20(25)31)34-22-17-37(28(40)26(22)23)29(41)42-30(2,3)4;1-28(2,3)40-27(39)34-15-20-24(25(34)36)21(12-19(31-20)23-16(13-30)6-4-8-18(23)29)35-11-9-22(32-35)33-10-5-7-17(14-33)26(37)38;1-2-28-24(34)16-6-4-9-32(14-16)21-8-10-33(31-21)20-11-18(30-19-13-29-25(35)23(19)20)22-15(12-27)5-3-7-17(22)26/h6,8,10-11,13-14,19H,5,7,9,12,16-17H2,1-4H3,(H,33,39);4,6,8-9,11-12,17H,5,7,10,14-15H2,1-3H3,(H,37,38);3,5,7-8,10-11,16H,2,4,6,9,13-14H2,1H3,(H,28,34)(H,29,35). The second-order valence-electron chi connectivity index (χ2n) is 30.6. The quantitative estimate of drug-likeness (QED) is 0.0785. The van der Waals surface area contributed by atoms with Crippen molar-refractivity contribution in [1.82, 2.24) is 70.0 Å². The van der Waals surface area contributed by atoms with Gasteiger partial charge in [0.2, 0.25) is 11.8 Å². The van der Waals surface area contributed by atoms with E-state index in [1.54, 1.807) is 83.0 Å². The van der Waals surface area contributed by atoms with Gasteiger partial charge in [-0.05, 0) is 149 Å². The first-order valence-electron chi connectivity index (χ1n) is 38.2. The lowest BCUT2D eigenvalue weighted by molar-refractivity contribution is -0.142. The monoisotopic (exact) mass is 1590 g/mol. The average Bonchev–Trinajstić information content (AvgIpc) is 1.62. The number of fused-ring (bicyclic) bond motifs is 3. The molecule has 0 bridgehead atoms. The number of carbonyl (C=O) groups excluding carboxylic acids is 7. The second kappa shape index (κ2) is 33.7. The molecule has 117 heavy (non-hydrogen) atoms. The molecule has 602 valence electrons. The van der Waals surface area contributed by atoms with E-state index in [-0.39, 0.29) is 140 Å². The molecule has 7 amide bonds. The molecule has 0 aliphatic carbocycles. The van der Waals surface area contributed by atoms with E-state index in [1.807, 2.05) is 47.9 Å². The van der Waals surface area contributed by atoms with E-state index in [2.05, 4.69) is 40.9 Å². The van der Waals surface area contributed by atoms with Gasteiger partial charge in [-0.15, -0.1) is 0 Å². The molecule has 3 atom stereocenters. The van der Waals surface area contributed by atoms with Crippen molar-refractivity contribution in [3.63, 3.8) is 0 Å². The van der Waals surface area contributed by atoms with E-state index in [0.717, 1.165) is 42.0 Å². The number of benzene rings is 3. The number of hydrogen-bond donors (Lipinski definition) is 4. The number of imide groups is 2. The van der Waals surface area contributed by atoms with Gasteiger partial charge in [0.1, 0.15) is 28.7 Å². The Balaban J connectivity index is 0.000000153. The van der Waals surface area contributed by atoms with Crippen molar-refractivity contribution in [3.8, 4) is 69.0 Å². The Morgan fingerprint density at radius 3 is 1.19 bits per heavy atom. The number of anilines is 3. The number of carboxylic acid groups (broad SMARTS) is 1. The van der Waals surface area contributed by atoms with Crippen LogP contribution in [0.2, 0.25) is 0 Å². The van der Waals surface area contributed by atoms with E-state index < -0.39 is 64.5 Å². The van der Waals surface area contributed by atoms with Gasteiger partial charge in [-0.2, -0.15) is 31.1 Å². The van der Waals surface area contributed by atoms with Crippen LogP contribution in [-0.2, 0) is 43.5 Å². The fourth-order valence-corrected chi connectivity index (χ4v) is 14.9. The lowest BCUT2D eigenvalue weighted by atomic mass is 9.97. The van der Waals surface area contributed by atoms with Crippen LogP contribution in [0.1, 0.15) is 159 Å². The van der Waals surface area contributed by atoms with Gasteiger partial charge >= 0.3 is 18.2 Å². The summed E-state index contributed by atoms with van der Waals surface area (Å²) in [6, 6.07) is 28.4. The molecule has 4 N–H and O–H groups in total. The molecule has 3 fully saturated rings. The summed E-state index contributed by atoms with van der Waals surface area (Å²) in [6.07, 6.45) is 7.90. The number of pyridine rings is 3. The second-order valence-corrected chi connectivity index (χ2v) is 30.6. The molecule has 15 rings (SSSR count). The van der Waals surface area contributed by atoms with Crippen LogP contribution in [0, 0.1) is 69.2 Å². The number of rotatable bonds is 14. The minimum atomic E-state index is -0.869. The Morgan fingerprint density at radius 2 is 0.846 bits per heavy atom. The van der Waals surface area contributed by atoms with Crippen molar-refractivity contribution in [3.05, 3.63) is 178 Å². The van der Waals surface area contributed by atoms with E-state index in [9.17, 15) is 63.6 Å². The maximum atomic E-state index is 15.1. The van der Waals surface area contributed by atoms with Gasteiger partial charge in [-0.1, -0.05) is 18.2 Å². The summed E-state index contributed by atoms with van der Waals surface area (Å²) in [6.45, 7) is 18.3. The largest absolute Gasteiger partial charge is 0.481 e. The molecular formula is C83H83F3N20O11. The SMILES string of the molecule is CC(C)(C)OC(=O)N1Cc2nc(-c3c(F)cccc3C#N)cc(-n3ccc(N4CCCC(C(=O)O)C4)n3)c2C1=O.CCNC(=O)C1CCCN(c2ccn(-c3cc(-c4c(F)cccc4C#N)nc4c3C(=O)N(C(=O)OC(C)(C)C)C4)n2)C1.CCNC(=O)C1CCCN(c2ccn(-c3cc(-c4c(F)cccc4C#N)nc4c3C(=O)NC4)n2)C1. The maximum absolute atomic E-state index is 15.1. The summed E-state index contributed by atoms with van der Waals surface area (Å²) in [5.74, 6) is -3.24. The minimum Gasteiger partial charge on any atom is -0.481 e. The van der Waals surface area contributed by atoms with Crippen LogP contribution >= 0.6 is 0 Å². The maximum Gasteiger partial charge on any atom is 0.417 e.